The number of anilines is 1. The number of benzene rings is 2. The quantitative estimate of drug-likeness (QED) is 0.840. The fourth-order valence-corrected chi connectivity index (χ4v) is 2.15. The van der Waals surface area contributed by atoms with Gasteiger partial charge in [0.25, 0.3) is 5.91 Å². The molecule has 1 atom stereocenters. The summed E-state index contributed by atoms with van der Waals surface area (Å²) in [6, 6.07) is 12.0. The van der Waals surface area contributed by atoms with E-state index in [1.807, 2.05) is 13.0 Å². The lowest BCUT2D eigenvalue weighted by atomic mass is 10.1. The van der Waals surface area contributed by atoms with Crippen molar-refractivity contribution in [2.45, 2.75) is 13.0 Å². The minimum Gasteiger partial charge on any atom is -0.398 e. The van der Waals surface area contributed by atoms with Crippen LogP contribution < -0.4 is 11.1 Å². The van der Waals surface area contributed by atoms with Gasteiger partial charge in [0.15, 0.2) is 0 Å². The lowest BCUT2D eigenvalue weighted by Crippen LogP contribution is -2.27. The molecule has 20 heavy (non-hydrogen) atoms. The Morgan fingerprint density at radius 1 is 1.15 bits per heavy atom. The molecular formula is C15H14Cl2N2O. The average Bonchev–Trinajstić information content (AvgIpc) is 2.42. The number of amides is 1. The molecule has 3 nitrogen and oxygen atoms in total. The van der Waals surface area contributed by atoms with E-state index in [1.165, 1.54) is 0 Å². The number of nitrogen functional groups attached to an aromatic ring is 1. The normalized spacial score (nSPS) is 11.9. The zero-order chi connectivity index (χ0) is 14.7. The summed E-state index contributed by atoms with van der Waals surface area (Å²) in [5.41, 5.74) is 7.57. The molecule has 0 aromatic heterocycles. The molecule has 2 aromatic carbocycles. The van der Waals surface area contributed by atoms with Gasteiger partial charge in [-0.3, -0.25) is 4.79 Å². The van der Waals surface area contributed by atoms with Crippen molar-refractivity contribution in [1.82, 2.24) is 5.32 Å². The Balaban J connectivity index is 2.15. The molecule has 5 heteroatoms. The molecule has 0 aliphatic rings. The maximum atomic E-state index is 12.2. The van der Waals surface area contributed by atoms with Crippen LogP contribution in [-0.2, 0) is 0 Å². The zero-order valence-electron chi connectivity index (χ0n) is 10.9. The maximum absolute atomic E-state index is 12.2. The van der Waals surface area contributed by atoms with Crippen molar-refractivity contribution in [3.8, 4) is 0 Å². The van der Waals surface area contributed by atoms with Gasteiger partial charge in [-0.15, -0.1) is 0 Å². The third-order valence-corrected chi connectivity index (χ3v) is 3.74. The second kappa shape index (κ2) is 6.16. The van der Waals surface area contributed by atoms with Gasteiger partial charge in [-0.1, -0.05) is 41.4 Å². The number of nitrogens with one attached hydrogen (secondary N) is 1. The molecular weight excluding hydrogens is 295 g/mol. The molecule has 0 heterocycles. The van der Waals surface area contributed by atoms with Crippen LogP contribution in [0.1, 0.15) is 28.9 Å². The van der Waals surface area contributed by atoms with Crippen molar-refractivity contribution in [3.63, 3.8) is 0 Å². The molecule has 3 N–H and O–H groups in total. The first-order valence-corrected chi connectivity index (χ1v) is 6.85. The van der Waals surface area contributed by atoms with Gasteiger partial charge >= 0.3 is 0 Å². The van der Waals surface area contributed by atoms with E-state index in [4.69, 9.17) is 28.9 Å². The first-order valence-electron chi connectivity index (χ1n) is 6.09. The molecule has 0 spiro atoms. The van der Waals surface area contributed by atoms with E-state index in [0.717, 1.165) is 5.56 Å². The van der Waals surface area contributed by atoms with E-state index >= 15 is 0 Å². The van der Waals surface area contributed by atoms with Crippen LogP contribution in [0.3, 0.4) is 0 Å². The Morgan fingerprint density at radius 2 is 1.85 bits per heavy atom. The van der Waals surface area contributed by atoms with Crippen LogP contribution in [0.2, 0.25) is 10.0 Å². The van der Waals surface area contributed by atoms with Crippen LogP contribution in [0.4, 0.5) is 5.69 Å². The van der Waals surface area contributed by atoms with Crippen molar-refractivity contribution < 1.29 is 4.79 Å². The van der Waals surface area contributed by atoms with Gasteiger partial charge in [-0.05, 0) is 36.8 Å². The van der Waals surface area contributed by atoms with Crippen molar-refractivity contribution in [2.24, 2.45) is 0 Å². The van der Waals surface area contributed by atoms with Crippen LogP contribution in [0.15, 0.2) is 42.5 Å². The fraction of sp³-hybridized carbons (Fsp3) is 0.133. The molecule has 0 bridgehead atoms. The summed E-state index contributed by atoms with van der Waals surface area (Å²) in [6.07, 6.45) is 0. The second-order valence-electron chi connectivity index (χ2n) is 4.46. The lowest BCUT2D eigenvalue weighted by Gasteiger charge is -2.15. The number of rotatable bonds is 3. The van der Waals surface area contributed by atoms with Crippen LogP contribution in [0.25, 0.3) is 0 Å². The van der Waals surface area contributed by atoms with Crippen LogP contribution in [0.5, 0.6) is 0 Å². The summed E-state index contributed by atoms with van der Waals surface area (Å²) in [7, 11) is 0. The number of hydrogen-bond acceptors (Lipinski definition) is 2. The summed E-state index contributed by atoms with van der Waals surface area (Å²) in [4.78, 5) is 12.2. The van der Waals surface area contributed by atoms with E-state index in [2.05, 4.69) is 5.32 Å². The van der Waals surface area contributed by atoms with Gasteiger partial charge in [0.05, 0.1) is 21.7 Å². The minimum atomic E-state index is -0.221. The van der Waals surface area contributed by atoms with E-state index < -0.39 is 0 Å². The summed E-state index contributed by atoms with van der Waals surface area (Å²) in [6.45, 7) is 1.87. The van der Waals surface area contributed by atoms with E-state index in [-0.39, 0.29) is 11.9 Å². The Kier molecular flexibility index (Phi) is 4.53. The van der Waals surface area contributed by atoms with Gasteiger partial charge in [-0.25, -0.2) is 0 Å². The van der Waals surface area contributed by atoms with Gasteiger partial charge in [0, 0.05) is 5.69 Å². The molecule has 0 saturated carbocycles. The number of halogens is 2. The van der Waals surface area contributed by atoms with E-state index in [1.54, 1.807) is 36.4 Å². The third kappa shape index (κ3) is 3.24. The summed E-state index contributed by atoms with van der Waals surface area (Å²) in [5.74, 6) is -0.221. The van der Waals surface area contributed by atoms with E-state index in [0.29, 0.717) is 21.3 Å². The largest absolute Gasteiger partial charge is 0.398 e. The molecule has 2 aromatic rings. The lowest BCUT2D eigenvalue weighted by molar-refractivity contribution is 0.0941. The summed E-state index contributed by atoms with van der Waals surface area (Å²) >= 11 is 11.8. The molecule has 0 aliphatic carbocycles. The smallest absolute Gasteiger partial charge is 0.253 e. The van der Waals surface area contributed by atoms with Crippen molar-refractivity contribution in [2.75, 3.05) is 5.73 Å². The highest BCUT2D eigenvalue weighted by Gasteiger charge is 2.14. The number of para-hydroxylation sites is 1. The van der Waals surface area contributed by atoms with Gasteiger partial charge in [0.1, 0.15) is 0 Å². The highest BCUT2D eigenvalue weighted by Crippen LogP contribution is 2.25. The monoisotopic (exact) mass is 308 g/mol. The molecule has 0 radical (unpaired) electrons. The first kappa shape index (κ1) is 14.7. The fourth-order valence-electron chi connectivity index (χ4n) is 1.84. The Morgan fingerprint density at radius 3 is 2.50 bits per heavy atom. The SMILES string of the molecule is CC(NC(=O)c1ccccc1N)c1ccc(Cl)c(Cl)c1. The summed E-state index contributed by atoms with van der Waals surface area (Å²) in [5, 5.41) is 3.83. The van der Waals surface area contributed by atoms with E-state index in [9.17, 15) is 4.79 Å². The summed E-state index contributed by atoms with van der Waals surface area (Å²) < 4.78 is 0. The molecule has 0 fully saturated rings. The predicted molar refractivity (Wildman–Crippen MR) is 83.2 cm³/mol. The average molecular weight is 309 g/mol. The van der Waals surface area contributed by atoms with Crippen LogP contribution in [-0.4, -0.2) is 5.91 Å². The van der Waals surface area contributed by atoms with Gasteiger partial charge in [-0.2, -0.15) is 0 Å². The zero-order valence-corrected chi connectivity index (χ0v) is 12.4. The van der Waals surface area contributed by atoms with Crippen molar-refractivity contribution >= 4 is 34.8 Å². The third-order valence-electron chi connectivity index (χ3n) is 3.00. The number of nitrogens with two attached hydrogens (primary N) is 1. The van der Waals surface area contributed by atoms with Crippen LogP contribution >= 0.6 is 23.2 Å². The van der Waals surface area contributed by atoms with Crippen molar-refractivity contribution in [3.05, 3.63) is 63.6 Å². The van der Waals surface area contributed by atoms with Gasteiger partial charge in [0.2, 0.25) is 0 Å². The second-order valence-corrected chi connectivity index (χ2v) is 5.27. The first-order chi connectivity index (χ1) is 9.49. The maximum Gasteiger partial charge on any atom is 0.253 e. The Labute approximate surface area is 127 Å². The number of hydrogen-bond donors (Lipinski definition) is 2. The number of carbonyl (C=O) groups excluding carboxylic acids is 1. The Bertz CT molecular complexity index is 644. The number of carbonyl (C=O) groups is 1. The highest BCUT2D eigenvalue weighted by atomic mass is 35.5. The predicted octanol–water partition coefficient (Wildman–Crippen LogP) is 4.07. The minimum absolute atomic E-state index is 0.197. The molecule has 0 aliphatic heterocycles. The molecule has 1 unspecified atom stereocenters. The highest BCUT2D eigenvalue weighted by molar-refractivity contribution is 6.42. The molecule has 1 amide bonds. The van der Waals surface area contributed by atoms with Crippen molar-refractivity contribution in [1.29, 1.82) is 0 Å². The standard InChI is InChI=1S/C15H14Cl2N2O/c1-9(10-6-7-12(16)13(17)8-10)19-15(20)11-4-2-3-5-14(11)18/h2-9H,18H2,1H3,(H,19,20). The Hall–Kier alpha value is -1.71. The topological polar surface area (TPSA) is 55.1 Å². The molecule has 104 valence electrons. The van der Waals surface area contributed by atoms with Crippen LogP contribution in [0, 0.1) is 0 Å². The molecule has 0 saturated heterocycles. The van der Waals surface area contributed by atoms with Gasteiger partial charge < -0.3 is 11.1 Å². The molecule has 2 rings (SSSR count).